The first-order chi connectivity index (χ1) is 10.2. The van der Waals surface area contributed by atoms with Crippen LogP contribution in [0.25, 0.3) is 0 Å². The smallest absolute Gasteiger partial charge is 0.276 e. The van der Waals surface area contributed by atoms with E-state index >= 15 is 0 Å². The summed E-state index contributed by atoms with van der Waals surface area (Å²) in [4.78, 5) is 20.4. The maximum absolute atomic E-state index is 12.2. The number of aliphatic hydroxyl groups excluding tert-OH is 1. The molecule has 1 amide bonds. The van der Waals surface area contributed by atoms with Crippen LogP contribution in [0.1, 0.15) is 28.0 Å². The number of aliphatic hydroxyl groups is 1. The predicted molar refractivity (Wildman–Crippen MR) is 79.7 cm³/mol. The van der Waals surface area contributed by atoms with Crippen LogP contribution in [0.3, 0.4) is 0 Å². The van der Waals surface area contributed by atoms with Gasteiger partial charge in [-0.25, -0.2) is 9.97 Å². The van der Waals surface area contributed by atoms with Gasteiger partial charge in [-0.1, -0.05) is 11.8 Å². The van der Waals surface area contributed by atoms with E-state index in [9.17, 15) is 4.79 Å². The molecule has 106 valence electrons. The number of amides is 1. The SMILES string of the molecule is Cc1ccnc(NC(=O)c2ncccc2C#CCCO)c1. The fraction of sp³-hybridized carbons (Fsp3) is 0.188. The number of anilines is 1. The Morgan fingerprint density at radius 2 is 2.19 bits per heavy atom. The van der Waals surface area contributed by atoms with Crippen molar-refractivity contribution in [2.75, 3.05) is 11.9 Å². The summed E-state index contributed by atoms with van der Waals surface area (Å²) in [5.74, 6) is 5.74. The van der Waals surface area contributed by atoms with E-state index < -0.39 is 0 Å². The summed E-state index contributed by atoms with van der Waals surface area (Å²) >= 11 is 0. The summed E-state index contributed by atoms with van der Waals surface area (Å²) in [6, 6.07) is 7.06. The number of aromatic nitrogens is 2. The highest BCUT2D eigenvalue weighted by molar-refractivity contribution is 6.04. The van der Waals surface area contributed by atoms with E-state index in [1.165, 1.54) is 6.20 Å². The first-order valence-electron chi connectivity index (χ1n) is 6.49. The quantitative estimate of drug-likeness (QED) is 0.841. The van der Waals surface area contributed by atoms with Gasteiger partial charge in [0, 0.05) is 18.8 Å². The summed E-state index contributed by atoms with van der Waals surface area (Å²) in [5.41, 5.74) is 1.77. The van der Waals surface area contributed by atoms with E-state index in [1.54, 1.807) is 24.4 Å². The molecule has 0 radical (unpaired) electrons. The number of rotatable bonds is 3. The summed E-state index contributed by atoms with van der Waals surface area (Å²) in [7, 11) is 0. The highest BCUT2D eigenvalue weighted by Gasteiger charge is 2.12. The molecule has 5 heteroatoms. The zero-order chi connectivity index (χ0) is 15.1. The summed E-state index contributed by atoms with van der Waals surface area (Å²) in [6.45, 7) is 1.91. The second-order valence-electron chi connectivity index (χ2n) is 4.35. The lowest BCUT2D eigenvalue weighted by Crippen LogP contribution is -2.16. The van der Waals surface area contributed by atoms with Crippen LogP contribution in [0.2, 0.25) is 0 Å². The second-order valence-corrected chi connectivity index (χ2v) is 4.35. The number of carbonyl (C=O) groups is 1. The number of nitrogens with zero attached hydrogens (tertiary/aromatic N) is 2. The third-order valence-corrected chi connectivity index (χ3v) is 2.64. The molecular weight excluding hydrogens is 266 g/mol. The fourth-order valence-electron chi connectivity index (χ4n) is 1.68. The summed E-state index contributed by atoms with van der Waals surface area (Å²) in [6.07, 6.45) is 3.52. The van der Waals surface area contributed by atoms with Gasteiger partial charge in [0.15, 0.2) is 0 Å². The minimum absolute atomic E-state index is 0.0119. The molecule has 0 aromatic carbocycles. The lowest BCUT2D eigenvalue weighted by atomic mass is 10.2. The van der Waals surface area contributed by atoms with Crippen LogP contribution >= 0.6 is 0 Å². The van der Waals surface area contributed by atoms with Gasteiger partial charge in [0.25, 0.3) is 5.91 Å². The predicted octanol–water partition coefficient (Wildman–Crippen LogP) is 1.77. The van der Waals surface area contributed by atoms with E-state index in [0.717, 1.165) is 5.56 Å². The molecule has 2 aromatic rings. The second kappa shape index (κ2) is 7.17. The lowest BCUT2D eigenvalue weighted by molar-refractivity contribution is 0.102. The molecule has 0 unspecified atom stereocenters. The summed E-state index contributed by atoms with van der Waals surface area (Å²) in [5, 5.41) is 11.4. The molecule has 2 aromatic heterocycles. The van der Waals surface area contributed by atoms with Crippen molar-refractivity contribution in [3.8, 4) is 11.8 Å². The van der Waals surface area contributed by atoms with Gasteiger partial charge in [0.1, 0.15) is 11.5 Å². The molecule has 21 heavy (non-hydrogen) atoms. The van der Waals surface area contributed by atoms with Crippen LogP contribution in [-0.4, -0.2) is 27.6 Å². The number of aryl methyl sites for hydroxylation is 1. The Balaban J connectivity index is 2.22. The molecule has 2 heterocycles. The number of pyridine rings is 2. The highest BCUT2D eigenvalue weighted by atomic mass is 16.2. The van der Waals surface area contributed by atoms with E-state index in [0.29, 0.717) is 17.8 Å². The normalized spacial score (nSPS) is 9.62. The van der Waals surface area contributed by atoms with Crippen molar-refractivity contribution in [1.82, 2.24) is 9.97 Å². The van der Waals surface area contributed by atoms with Gasteiger partial charge in [-0.3, -0.25) is 4.79 Å². The number of hydrogen-bond acceptors (Lipinski definition) is 4. The standard InChI is InChI=1S/C16H15N3O2/c1-12-7-9-17-14(11-12)19-16(21)15-13(5-2-3-10-20)6-4-8-18-15/h4,6-9,11,20H,3,10H2,1H3,(H,17,19,21). The van der Waals surface area contributed by atoms with Gasteiger partial charge in [-0.2, -0.15) is 0 Å². The lowest BCUT2D eigenvalue weighted by Gasteiger charge is -2.05. The van der Waals surface area contributed by atoms with E-state index in [-0.39, 0.29) is 18.2 Å². The monoisotopic (exact) mass is 281 g/mol. The minimum atomic E-state index is -0.359. The van der Waals surface area contributed by atoms with Crippen molar-refractivity contribution in [3.63, 3.8) is 0 Å². The zero-order valence-corrected chi connectivity index (χ0v) is 11.6. The van der Waals surface area contributed by atoms with Gasteiger partial charge in [0.05, 0.1) is 12.2 Å². The van der Waals surface area contributed by atoms with Gasteiger partial charge >= 0.3 is 0 Å². The Morgan fingerprint density at radius 3 is 2.95 bits per heavy atom. The van der Waals surface area contributed by atoms with Crippen LogP contribution in [0.5, 0.6) is 0 Å². The highest BCUT2D eigenvalue weighted by Crippen LogP contribution is 2.09. The maximum Gasteiger partial charge on any atom is 0.276 e. The zero-order valence-electron chi connectivity index (χ0n) is 11.6. The number of carbonyl (C=O) groups excluding carboxylic acids is 1. The number of hydrogen-bond donors (Lipinski definition) is 2. The molecule has 5 nitrogen and oxygen atoms in total. The Hall–Kier alpha value is -2.71. The van der Waals surface area contributed by atoms with Crippen LogP contribution in [0.4, 0.5) is 5.82 Å². The molecule has 2 rings (SSSR count). The maximum atomic E-state index is 12.2. The summed E-state index contributed by atoms with van der Waals surface area (Å²) < 4.78 is 0. The third-order valence-electron chi connectivity index (χ3n) is 2.64. The van der Waals surface area contributed by atoms with Crippen molar-refractivity contribution >= 4 is 11.7 Å². The van der Waals surface area contributed by atoms with Crippen LogP contribution in [0.15, 0.2) is 36.7 Å². The average Bonchev–Trinajstić information content (AvgIpc) is 2.48. The van der Waals surface area contributed by atoms with Crippen LogP contribution in [-0.2, 0) is 0 Å². The molecule has 0 spiro atoms. The Labute approximate surface area is 123 Å². The molecule has 2 N–H and O–H groups in total. The first-order valence-corrected chi connectivity index (χ1v) is 6.49. The Bertz CT molecular complexity index is 702. The first kappa shape index (κ1) is 14.7. The topological polar surface area (TPSA) is 75.1 Å². The van der Waals surface area contributed by atoms with E-state index in [4.69, 9.17) is 5.11 Å². The van der Waals surface area contributed by atoms with Gasteiger partial charge in [-0.15, -0.1) is 0 Å². The van der Waals surface area contributed by atoms with Crippen molar-refractivity contribution in [2.45, 2.75) is 13.3 Å². The van der Waals surface area contributed by atoms with Crippen LogP contribution in [0, 0.1) is 18.8 Å². The van der Waals surface area contributed by atoms with Gasteiger partial charge in [0.2, 0.25) is 0 Å². The fourth-order valence-corrected chi connectivity index (χ4v) is 1.68. The Kier molecular flexibility index (Phi) is 5.02. The van der Waals surface area contributed by atoms with Crippen LogP contribution < -0.4 is 5.32 Å². The van der Waals surface area contributed by atoms with Gasteiger partial charge in [-0.05, 0) is 36.8 Å². The molecule has 0 aliphatic carbocycles. The van der Waals surface area contributed by atoms with E-state index in [1.807, 2.05) is 13.0 Å². The van der Waals surface area contributed by atoms with E-state index in [2.05, 4.69) is 27.1 Å². The molecule has 0 atom stereocenters. The van der Waals surface area contributed by atoms with Crippen molar-refractivity contribution < 1.29 is 9.90 Å². The minimum Gasteiger partial charge on any atom is -0.395 e. The van der Waals surface area contributed by atoms with Crippen molar-refractivity contribution in [1.29, 1.82) is 0 Å². The number of nitrogens with one attached hydrogen (secondary N) is 1. The Morgan fingerprint density at radius 1 is 1.33 bits per heavy atom. The largest absolute Gasteiger partial charge is 0.395 e. The van der Waals surface area contributed by atoms with Crippen molar-refractivity contribution in [2.24, 2.45) is 0 Å². The third kappa shape index (κ3) is 4.13. The molecular formula is C16H15N3O2. The average molecular weight is 281 g/mol. The molecule has 0 bridgehead atoms. The molecule has 0 fully saturated rings. The molecule has 0 saturated carbocycles. The van der Waals surface area contributed by atoms with Gasteiger partial charge < -0.3 is 10.4 Å². The molecule has 0 saturated heterocycles. The van der Waals surface area contributed by atoms with Crippen molar-refractivity contribution in [3.05, 3.63) is 53.5 Å². The molecule has 0 aliphatic heterocycles. The molecule has 0 aliphatic rings.